The zero-order chi connectivity index (χ0) is 15.8. The van der Waals surface area contributed by atoms with Crippen molar-refractivity contribution in [2.45, 2.75) is 6.18 Å². The Hall–Kier alpha value is -2.03. The molecule has 5 nitrogen and oxygen atoms in total. The molecule has 1 N–H and O–H groups in total. The van der Waals surface area contributed by atoms with Gasteiger partial charge in [-0.15, -0.1) is 0 Å². The summed E-state index contributed by atoms with van der Waals surface area (Å²) in [7, 11) is 1.23. The molecule has 21 heavy (non-hydrogen) atoms. The van der Waals surface area contributed by atoms with Crippen LogP contribution in [0.1, 0.15) is 16.1 Å². The van der Waals surface area contributed by atoms with Crippen molar-refractivity contribution >= 4 is 21.9 Å². The number of aromatic nitrogens is 1. The Balaban J connectivity index is 2.65. The molecule has 0 aliphatic rings. The highest BCUT2D eigenvalue weighted by molar-refractivity contribution is 9.10. The van der Waals surface area contributed by atoms with Gasteiger partial charge in [0.15, 0.2) is 11.5 Å². The Bertz CT molecular complexity index is 696. The Morgan fingerprint density at radius 3 is 2.52 bits per heavy atom. The first-order chi connectivity index (χ1) is 9.74. The third-order valence-electron chi connectivity index (χ3n) is 2.59. The average molecular weight is 366 g/mol. The van der Waals surface area contributed by atoms with E-state index in [1.54, 1.807) is 0 Å². The molecule has 0 amide bonds. The smallest absolute Gasteiger partial charge is 0.417 e. The maximum atomic E-state index is 13.1. The third-order valence-corrected chi connectivity index (χ3v) is 3.21. The molecule has 0 fully saturated rings. The minimum Gasteiger partial charge on any atom is -0.496 e. The van der Waals surface area contributed by atoms with Crippen molar-refractivity contribution in [2.24, 2.45) is 0 Å². The molecule has 0 saturated carbocycles. The second-order valence-corrected chi connectivity index (χ2v) is 4.77. The number of carboxylic acids is 1. The fourth-order valence-corrected chi connectivity index (χ4v) is 2.16. The van der Waals surface area contributed by atoms with Crippen LogP contribution in [0.25, 0.3) is 11.3 Å². The standard InChI is InChI=1S/C12H7BrF3NO4/c1-20-10-3-6(12(14,15)16)5(2-7(10)13)9-4-8(11(18)19)17-21-9/h2-4H,1H3,(H,18,19). The molecule has 1 aromatic carbocycles. The van der Waals surface area contributed by atoms with Crippen LogP contribution < -0.4 is 4.74 Å². The predicted octanol–water partition coefficient (Wildman–Crippen LogP) is 3.83. The first-order valence-corrected chi connectivity index (χ1v) is 6.18. The summed E-state index contributed by atoms with van der Waals surface area (Å²) in [6, 6.07) is 2.85. The zero-order valence-electron chi connectivity index (χ0n) is 10.4. The Morgan fingerprint density at radius 2 is 2.05 bits per heavy atom. The van der Waals surface area contributed by atoms with Crippen molar-refractivity contribution in [3.63, 3.8) is 0 Å². The molecule has 0 radical (unpaired) electrons. The maximum absolute atomic E-state index is 13.1. The van der Waals surface area contributed by atoms with E-state index in [1.807, 2.05) is 0 Å². The molecule has 0 atom stereocenters. The van der Waals surface area contributed by atoms with Crippen LogP contribution in [0.2, 0.25) is 0 Å². The van der Waals surface area contributed by atoms with E-state index in [-0.39, 0.29) is 21.5 Å². The number of aromatic carboxylic acids is 1. The SMILES string of the molecule is COc1cc(C(F)(F)F)c(-c2cc(C(=O)O)no2)cc1Br. The number of nitrogens with zero attached hydrogens (tertiary/aromatic N) is 1. The van der Waals surface area contributed by atoms with Crippen molar-refractivity contribution in [1.29, 1.82) is 0 Å². The predicted molar refractivity (Wildman–Crippen MR) is 68.2 cm³/mol. The van der Waals surface area contributed by atoms with Gasteiger partial charge in [-0.3, -0.25) is 0 Å². The molecule has 0 aliphatic heterocycles. The molecule has 112 valence electrons. The molecule has 0 aliphatic carbocycles. The van der Waals surface area contributed by atoms with Crippen molar-refractivity contribution in [1.82, 2.24) is 5.16 Å². The average Bonchev–Trinajstić information content (AvgIpc) is 2.86. The lowest BCUT2D eigenvalue weighted by Crippen LogP contribution is -2.07. The normalized spacial score (nSPS) is 11.5. The summed E-state index contributed by atoms with van der Waals surface area (Å²) in [5.41, 5.74) is -1.84. The number of alkyl halides is 3. The Morgan fingerprint density at radius 1 is 1.38 bits per heavy atom. The van der Waals surface area contributed by atoms with Gasteiger partial charge < -0.3 is 14.4 Å². The van der Waals surface area contributed by atoms with Crippen LogP contribution in [0.4, 0.5) is 13.2 Å². The van der Waals surface area contributed by atoms with E-state index in [0.717, 1.165) is 18.2 Å². The molecule has 1 aromatic heterocycles. The highest BCUT2D eigenvalue weighted by Gasteiger charge is 2.36. The minimum atomic E-state index is -4.67. The summed E-state index contributed by atoms with van der Waals surface area (Å²) >= 11 is 3.07. The Labute approximate surface area is 124 Å². The summed E-state index contributed by atoms with van der Waals surface area (Å²) in [5, 5.41) is 11.9. The number of benzene rings is 1. The lowest BCUT2D eigenvalue weighted by molar-refractivity contribution is -0.137. The third kappa shape index (κ3) is 3.02. The highest BCUT2D eigenvalue weighted by Crippen LogP contribution is 2.42. The molecule has 2 rings (SSSR count). The summed E-state index contributed by atoms with van der Waals surface area (Å²) in [6.45, 7) is 0. The van der Waals surface area contributed by atoms with Gasteiger partial charge in [-0.25, -0.2) is 4.79 Å². The molecule has 0 bridgehead atoms. The van der Waals surface area contributed by atoms with Gasteiger partial charge in [-0.2, -0.15) is 13.2 Å². The maximum Gasteiger partial charge on any atom is 0.417 e. The molecular formula is C12H7BrF3NO4. The Kier molecular flexibility index (Phi) is 3.95. The number of ether oxygens (including phenoxy) is 1. The molecule has 2 aromatic rings. The second kappa shape index (κ2) is 5.40. The van der Waals surface area contributed by atoms with Crippen molar-refractivity contribution in [3.05, 3.63) is 33.9 Å². The second-order valence-electron chi connectivity index (χ2n) is 3.91. The summed E-state index contributed by atoms with van der Waals surface area (Å²) in [5.74, 6) is -1.71. The van der Waals surface area contributed by atoms with Crippen LogP contribution in [0.15, 0.2) is 27.2 Å². The lowest BCUT2D eigenvalue weighted by atomic mass is 10.0. The fraction of sp³-hybridized carbons (Fsp3) is 0.167. The van der Waals surface area contributed by atoms with Crippen molar-refractivity contribution < 1.29 is 32.3 Å². The summed E-state index contributed by atoms with van der Waals surface area (Å²) < 4.78 is 49.1. The van der Waals surface area contributed by atoms with Gasteiger partial charge >= 0.3 is 12.1 Å². The van der Waals surface area contributed by atoms with Crippen molar-refractivity contribution in [2.75, 3.05) is 7.11 Å². The van der Waals surface area contributed by atoms with Crippen LogP contribution >= 0.6 is 15.9 Å². The fourth-order valence-electron chi connectivity index (χ4n) is 1.65. The van der Waals surface area contributed by atoms with E-state index in [2.05, 4.69) is 25.6 Å². The number of rotatable bonds is 3. The molecule has 1 heterocycles. The van der Waals surface area contributed by atoms with Crippen LogP contribution in [-0.2, 0) is 6.18 Å². The van der Waals surface area contributed by atoms with Gasteiger partial charge in [-0.1, -0.05) is 5.16 Å². The summed E-state index contributed by atoms with van der Waals surface area (Å²) in [6.07, 6.45) is -4.67. The lowest BCUT2D eigenvalue weighted by Gasteiger charge is -2.13. The zero-order valence-corrected chi connectivity index (χ0v) is 11.9. The van der Waals surface area contributed by atoms with E-state index < -0.39 is 23.4 Å². The van der Waals surface area contributed by atoms with Crippen molar-refractivity contribution in [3.8, 4) is 17.1 Å². The van der Waals surface area contributed by atoms with E-state index >= 15 is 0 Å². The van der Waals surface area contributed by atoms with Crippen LogP contribution in [0, 0.1) is 0 Å². The van der Waals surface area contributed by atoms with Gasteiger partial charge in [0.2, 0.25) is 0 Å². The molecule has 9 heteroatoms. The monoisotopic (exact) mass is 365 g/mol. The number of carbonyl (C=O) groups is 1. The topological polar surface area (TPSA) is 72.6 Å². The first-order valence-electron chi connectivity index (χ1n) is 5.39. The van der Waals surface area contributed by atoms with Gasteiger partial charge in [0.25, 0.3) is 0 Å². The van der Waals surface area contributed by atoms with Gasteiger partial charge in [0, 0.05) is 11.6 Å². The number of halogens is 4. The molecule has 0 spiro atoms. The van der Waals surface area contributed by atoms with E-state index in [9.17, 15) is 18.0 Å². The van der Waals surface area contributed by atoms with Gasteiger partial charge in [0.05, 0.1) is 17.1 Å². The number of hydrogen-bond donors (Lipinski definition) is 1. The quantitative estimate of drug-likeness (QED) is 0.894. The largest absolute Gasteiger partial charge is 0.496 e. The van der Waals surface area contributed by atoms with Crippen LogP contribution in [0.3, 0.4) is 0 Å². The first kappa shape index (κ1) is 15.4. The number of hydrogen-bond acceptors (Lipinski definition) is 4. The van der Waals surface area contributed by atoms with E-state index in [4.69, 9.17) is 9.84 Å². The van der Waals surface area contributed by atoms with Crippen LogP contribution in [0.5, 0.6) is 5.75 Å². The number of methoxy groups -OCH3 is 1. The van der Waals surface area contributed by atoms with Crippen LogP contribution in [-0.4, -0.2) is 23.3 Å². The molecular weight excluding hydrogens is 359 g/mol. The molecule has 0 unspecified atom stereocenters. The van der Waals surface area contributed by atoms with Gasteiger partial charge in [0.1, 0.15) is 5.75 Å². The van der Waals surface area contributed by atoms with Gasteiger partial charge in [-0.05, 0) is 28.1 Å². The molecule has 0 saturated heterocycles. The van der Waals surface area contributed by atoms with E-state index in [0.29, 0.717) is 0 Å². The highest BCUT2D eigenvalue weighted by atomic mass is 79.9. The van der Waals surface area contributed by atoms with E-state index in [1.165, 1.54) is 7.11 Å². The number of carboxylic acid groups (broad SMARTS) is 1. The minimum absolute atomic E-state index is 0.0101. The summed E-state index contributed by atoms with van der Waals surface area (Å²) in [4.78, 5) is 10.7.